The molecular weight excluding hydrogens is 270 g/mol. The van der Waals surface area contributed by atoms with E-state index in [1.807, 2.05) is 12.1 Å². The summed E-state index contributed by atoms with van der Waals surface area (Å²) in [4.78, 5) is 12.7. The first kappa shape index (κ1) is 14.4. The molecule has 21 heavy (non-hydrogen) atoms. The number of likely N-dealkylation sites (tertiary alicyclic amines) is 1. The molecule has 114 valence electrons. The van der Waals surface area contributed by atoms with E-state index in [4.69, 9.17) is 4.74 Å². The van der Waals surface area contributed by atoms with Gasteiger partial charge < -0.3 is 10.1 Å². The van der Waals surface area contributed by atoms with E-state index in [1.54, 1.807) is 12.1 Å². The van der Waals surface area contributed by atoms with Gasteiger partial charge in [0.1, 0.15) is 0 Å². The number of rotatable bonds is 4. The van der Waals surface area contributed by atoms with Gasteiger partial charge in [-0.25, -0.2) is 0 Å². The summed E-state index contributed by atoms with van der Waals surface area (Å²) in [6.07, 6.45) is 2.00. The lowest BCUT2D eigenvalue weighted by Crippen LogP contribution is -2.51. The summed E-state index contributed by atoms with van der Waals surface area (Å²) < 4.78 is 5.97. The number of hydrogen-bond acceptors (Lipinski definition) is 5. The molecule has 2 aliphatic rings. The molecule has 0 amide bonds. The van der Waals surface area contributed by atoms with Crippen LogP contribution in [0.4, 0.5) is 5.69 Å². The first-order valence-electron chi connectivity index (χ1n) is 7.47. The maximum Gasteiger partial charge on any atom is 0.269 e. The molecule has 0 aromatic heterocycles. The summed E-state index contributed by atoms with van der Waals surface area (Å²) in [5.74, 6) is 0. The molecule has 3 rings (SSSR count). The third-order valence-corrected chi connectivity index (χ3v) is 4.39. The number of nitro groups is 1. The maximum atomic E-state index is 10.6. The molecule has 1 N–H and O–H groups in total. The molecule has 2 saturated heterocycles. The zero-order valence-electron chi connectivity index (χ0n) is 12.1. The molecule has 1 unspecified atom stereocenters. The van der Waals surface area contributed by atoms with E-state index in [1.165, 1.54) is 0 Å². The molecule has 6 heteroatoms. The third kappa shape index (κ3) is 3.40. The zero-order chi connectivity index (χ0) is 14.7. The fourth-order valence-electron chi connectivity index (χ4n) is 3.16. The Morgan fingerprint density at radius 3 is 2.86 bits per heavy atom. The fourth-order valence-corrected chi connectivity index (χ4v) is 3.16. The maximum absolute atomic E-state index is 10.6. The normalized spacial score (nSPS) is 26.3. The Morgan fingerprint density at radius 1 is 1.38 bits per heavy atom. The van der Waals surface area contributed by atoms with Crippen molar-refractivity contribution in [1.82, 2.24) is 10.2 Å². The molecule has 2 heterocycles. The highest BCUT2D eigenvalue weighted by molar-refractivity contribution is 5.32. The molecule has 0 aliphatic carbocycles. The van der Waals surface area contributed by atoms with Gasteiger partial charge in [-0.2, -0.15) is 0 Å². The smallest absolute Gasteiger partial charge is 0.269 e. The lowest BCUT2D eigenvalue weighted by molar-refractivity contribution is -0.384. The molecule has 0 saturated carbocycles. The summed E-state index contributed by atoms with van der Waals surface area (Å²) >= 11 is 0. The second kappa shape index (κ2) is 6.09. The van der Waals surface area contributed by atoms with Gasteiger partial charge in [0.05, 0.1) is 17.1 Å². The number of non-ortho nitro benzene ring substituents is 1. The minimum Gasteiger partial charge on any atom is -0.371 e. The van der Waals surface area contributed by atoms with Crippen LogP contribution in [0.5, 0.6) is 0 Å². The van der Waals surface area contributed by atoms with Crippen molar-refractivity contribution in [3.63, 3.8) is 0 Å². The van der Waals surface area contributed by atoms with Crippen molar-refractivity contribution in [3.8, 4) is 0 Å². The minimum absolute atomic E-state index is 0.00766. The molecule has 0 radical (unpaired) electrons. The fraction of sp³-hybridized carbons (Fsp3) is 0.600. The molecule has 2 fully saturated rings. The molecule has 1 aromatic rings. The quantitative estimate of drug-likeness (QED) is 0.667. The van der Waals surface area contributed by atoms with Gasteiger partial charge in [0.2, 0.25) is 0 Å². The second-order valence-electron chi connectivity index (χ2n) is 5.91. The van der Waals surface area contributed by atoms with E-state index < -0.39 is 0 Å². The Hall–Kier alpha value is -1.50. The molecule has 2 aliphatic heterocycles. The highest BCUT2D eigenvalue weighted by Gasteiger charge is 2.39. The summed E-state index contributed by atoms with van der Waals surface area (Å²) in [6.45, 7) is 5.71. The molecule has 1 atom stereocenters. The predicted molar refractivity (Wildman–Crippen MR) is 79.4 cm³/mol. The van der Waals surface area contributed by atoms with Gasteiger partial charge in [0.15, 0.2) is 0 Å². The van der Waals surface area contributed by atoms with Crippen LogP contribution in [0.3, 0.4) is 0 Å². The van der Waals surface area contributed by atoms with Gasteiger partial charge in [0, 0.05) is 44.9 Å². The molecule has 1 spiro atoms. The third-order valence-electron chi connectivity index (χ3n) is 4.39. The van der Waals surface area contributed by atoms with Gasteiger partial charge in [-0.3, -0.25) is 15.0 Å². The Labute approximate surface area is 124 Å². The summed E-state index contributed by atoms with van der Waals surface area (Å²) in [5.41, 5.74) is 1.30. The Bertz CT molecular complexity index is 497. The standard InChI is InChI=1S/C15H21N3O3/c19-18(20)14-3-1-13(2-4-14)5-8-17-9-6-15(12-17)11-16-7-10-21-15/h1-4,16H,5-12H2. The number of nitro benzene ring substituents is 1. The average molecular weight is 291 g/mol. The molecular formula is C15H21N3O3. The summed E-state index contributed by atoms with van der Waals surface area (Å²) in [7, 11) is 0. The van der Waals surface area contributed by atoms with E-state index in [-0.39, 0.29) is 16.2 Å². The van der Waals surface area contributed by atoms with Crippen molar-refractivity contribution in [3.05, 3.63) is 39.9 Å². The van der Waals surface area contributed by atoms with Crippen LogP contribution < -0.4 is 5.32 Å². The van der Waals surface area contributed by atoms with Crippen LogP contribution in [-0.2, 0) is 11.2 Å². The highest BCUT2D eigenvalue weighted by Crippen LogP contribution is 2.26. The summed E-state index contributed by atoms with van der Waals surface area (Å²) in [5, 5.41) is 14.0. The Balaban J connectivity index is 1.50. The van der Waals surface area contributed by atoms with Crippen LogP contribution in [0.25, 0.3) is 0 Å². The Morgan fingerprint density at radius 2 is 2.19 bits per heavy atom. The number of morpholine rings is 1. The topological polar surface area (TPSA) is 67.6 Å². The lowest BCUT2D eigenvalue weighted by Gasteiger charge is -2.34. The van der Waals surface area contributed by atoms with Crippen LogP contribution in [0.1, 0.15) is 12.0 Å². The van der Waals surface area contributed by atoms with Crippen LogP contribution in [-0.4, -0.2) is 54.8 Å². The van der Waals surface area contributed by atoms with Crippen LogP contribution in [0, 0.1) is 10.1 Å². The molecule has 6 nitrogen and oxygen atoms in total. The van der Waals surface area contributed by atoms with E-state index in [9.17, 15) is 10.1 Å². The molecule has 1 aromatic carbocycles. The van der Waals surface area contributed by atoms with Crippen molar-refractivity contribution in [2.75, 3.05) is 39.3 Å². The van der Waals surface area contributed by atoms with Crippen molar-refractivity contribution >= 4 is 5.69 Å². The Kier molecular flexibility index (Phi) is 4.19. The van der Waals surface area contributed by atoms with Gasteiger partial charge in [-0.15, -0.1) is 0 Å². The van der Waals surface area contributed by atoms with Crippen LogP contribution in [0.2, 0.25) is 0 Å². The van der Waals surface area contributed by atoms with Crippen molar-refractivity contribution in [2.24, 2.45) is 0 Å². The zero-order valence-corrected chi connectivity index (χ0v) is 12.1. The van der Waals surface area contributed by atoms with Crippen molar-refractivity contribution < 1.29 is 9.66 Å². The number of benzene rings is 1. The van der Waals surface area contributed by atoms with Crippen LogP contribution >= 0.6 is 0 Å². The highest BCUT2D eigenvalue weighted by atomic mass is 16.6. The SMILES string of the molecule is O=[N+]([O-])c1ccc(CCN2CCC3(CNCCO3)C2)cc1. The predicted octanol–water partition coefficient (Wildman–Crippen LogP) is 1.20. The van der Waals surface area contributed by atoms with Crippen molar-refractivity contribution in [1.29, 1.82) is 0 Å². The minimum atomic E-state index is -0.360. The van der Waals surface area contributed by atoms with E-state index in [0.29, 0.717) is 0 Å². The first-order valence-corrected chi connectivity index (χ1v) is 7.47. The summed E-state index contributed by atoms with van der Waals surface area (Å²) in [6, 6.07) is 6.86. The van der Waals surface area contributed by atoms with Gasteiger partial charge in [0.25, 0.3) is 5.69 Å². The average Bonchev–Trinajstić information content (AvgIpc) is 2.89. The van der Waals surface area contributed by atoms with E-state index in [2.05, 4.69) is 10.2 Å². The van der Waals surface area contributed by atoms with E-state index in [0.717, 1.165) is 57.7 Å². The number of nitrogens with one attached hydrogen (secondary N) is 1. The van der Waals surface area contributed by atoms with Gasteiger partial charge in [-0.1, -0.05) is 12.1 Å². The number of nitrogens with zero attached hydrogens (tertiary/aromatic N) is 2. The number of ether oxygens (including phenoxy) is 1. The largest absolute Gasteiger partial charge is 0.371 e. The monoisotopic (exact) mass is 291 g/mol. The van der Waals surface area contributed by atoms with Crippen LogP contribution in [0.15, 0.2) is 24.3 Å². The first-order chi connectivity index (χ1) is 10.2. The van der Waals surface area contributed by atoms with Gasteiger partial charge in [-0.05, 0) is 18.4 Å². The second-order valence-corrected chi connectivity index (χ2v) is 5.91. The lowest BCUT2D eigenvalue weighted by atomic mass is 10.0. The van der Waals surface area contributed by atoms with Gasteiger partial charge >= 0.3 is 0 Å². The number of hydrogen-bond donors (Lipinski definition) is 1. The molecule has 0 bridgehead atoms. The van der Waals surface area contributed by atoms with E-state index >= 15 is 0 Å². The van der Waals surface area contributed by atoms with Crippen molar-refractivity contribution in [2.45, 2.75) is 18.4 Å².